The number of rotatable bonds is 4. The number of thiocarbonyl (C=S) groups is 1. The molecule has 2 aromatic carbocycles. The summed E-state index contributed by atoms with van der Waals surface area (Å²) in [4.78, 5) is 16.8. The number of hydrogen-bond acceptors (Lipinski definition) is 5. The van der Waals surface area contributed by atoms with Gasteiger partial charge in [-0.1, -0.05) is 17.7 Å². The quantitative estimate of drug-likeness (QED) is 0.768. The van der Waals surface area contributed by atoms with Gasteiger partial charge in [-0.25, -0.2) is 0 Å². The van der Waals surface area contributed by atoms with Gasteiger partial charge in [-0.2, -0.15) is 0 Å². The predicted octanol–water partition coefficient (Wildman–Crippen LogP) is 3.19. The Bertz CT molecular complexity index is 870. The molecule has 8 heteroatoms. The van der Waals surface area contributed by atoms with Crippen molar-refractivity contribution < 1.29 is 14.3 Å². The molecule has 2 aromatic rings. The highest BCUT2D eigenvalue weighted by atomic mass is 35.5. The lowest BCUT2D eigenvalue weighted by molar-refractivity contribution is 0.0972. The smallest absolute Gasteiger partial charge is 0.257 e. The Kier molecular flexibility index (Phi) is 6.59. The first-order valence-corrected chi connectivity index (χ1v) is 9.63. The Hall–Kier alpha value is -2.51. The van der Waals surface area contributed by atoms with E-state index >= 15 is 0 Å². The van der Waals surface area contributed by atoms with E-state index in [4.69, 9.17) is 33.3 Å². The SMILES string of the molecule is COc1ccc(C(=O)NC(=S)N2CCN(c3cccc(Cl)c3)CC2)cc1OC. The summed E-state index contributed by atoms with van der Waals surface area (Å²) >= 11 is 11.5. The number of ether oxygens (including phenoxy) is 2. The van der Waals surface area contributed by atoms with E-state index in [2.05, 4.69) is 10.2 Å². The molecule has 0 aromatic heterocycles. The van der Waals surface area contributed by atoms with Crippen molar-refractivity contribution in [3.63, 3.8) is 0 Å². The third-order valence-corrected chi connectivity index (χ3v) is 5.20. The van der Waals surface area contributed by atoms with Gasteiger partial charge in [-0.3, -0.25) is 10.1 Å². The van der Waals surface area contributed by atoms with Gasteiger partial charge >= 0.3 is 0 Å². The van der Waals surface area contributed by atoms with Crippen LogP contribution in [0.5, 0.6) is 11.5 Å². The van der Waals surface area contributed by atoms with Crippen molar-refractivity contribution in [1.82, 2.24) is 10.2 Å². The highest BCUT2D eigenvalue weighted by Crippen LogP contribution is 2.27. The van der Waals surface area contributed by atoms with E-state index in [1.807, 2.05) is 29.2 Å². The average molecular weight is 420 g/mol. The summed E-state index contributed by atoms with van der Waals surface area (Å²) in [6, 6.07) is 12.8. The normalized spacial score (nSPS) is 13.8. The molecule has 1 heterocycles. The van der Waals surface area contributed by atoms with Crippen LogP contribution in [0.25, 0.3) is 0 Å². The Morgan fingerprint density at radius 1 is 1.04 bits per heavy atom. The highest BCUT2D eigenvalue weighted by molar-refractivity contribution is 7.80. The minimum Gasteiger partial charge on any atom is -0.493 e. The van der Waals surface area contributed by atoms with Gasteiger partial charge in [-0.15, -0.1) is 0 Å². The Labute approximate surface area is 175 Å². The molecule has 1 N–H and O–H groups in total. The number of carbonyl (C=O) groups excluding carboxylic acids is 1. The molecular weight excluding hydrogens is 398 g/mol. The van der Waals surface area contributed by atoms with Crippen molar-refractivity contribution in [2.45, 2.75) is 0 Å². The number of anilines is 1. The van der Waals surface area contributed by atoms with Gasteiger partial charge in [0.1, 0.15) is 0 Å². The molecule has 1 aliphatic heterocycles. The molecule has 1 saturated heterocycles. The summed E-state index contributed by atoms with van der Waals surface area (Å²) in [5.41, 5.74) is 1.55. The first-order valence-electron chi connectivity index (χ1n) is 8.84. The molecule has 148 valence electrons. The largest absolute Gasteiger partial charge is 0.493 e. The van der Waals surface area contributed by atoms with Crippen molar-refractivity contribution in [2.75, 3.05) is 45.3 Å². The van der Waals surface area contributed by atoms with E-state index in [-0.39, 0.29) is 5.91 Å². The molecule has 0 atom stereocenters. The molecule has 0 radical (unpaired) electrons. The lowest BCUT2D eigenvalue weighted by Crippen LogP contribution is -2.52. The second kappa shape index (κ2) is 9.12. The summed E-state index contributed by atoms with van der Waals surface area (Å²) in [5.74, 6) is 0.790. The van der Waals surface area contributed by atoms with Crippen LogP contribution in [0.1, 0.15) is 10.4 Å². The standard InChI is InChI=1S/C20H22ClN3O3S/c1-26-17-7-6-14(12-18(17)27-2)19(25)22-20(28)24-10-8-23(9-11-24)16-5-3-4-15(21)13-16/h3-7,12-13H,8-11H2,1-2H3,(H,22,25,28). The van der Waals surface area contributed by atoms with Crippen LogP contribution in [0.4, 0.5) is 5.69 Å². The molecule has 6 nitrogen and oxygen atoms in total. The van der Waals surface area contributed by atoms with Crippen molar-refractivity contribution in [3.8, 4) is 11.5 Å². The zero-order chi connectivity index (χ0) is 20.1. The fraction of sp³-hybridized carbons (Fsp3) is 0.300. The van der Waals surface area contributed by atoms with Crippen LogP contribution in [-0.4, -0.2) is 56.3 Å². The van der Waals surface area contributed by atoms with Gasteiger partial charge in [0.25, 0.3) is 5.91 Å². The molecule has 0 saturated carbocycles. The van der Waals surface area contributed by atoms with Crippen LogP contribution in [-0.2, 0) is 0 Å². The van der Waals surface area contributed by atoms with Gasteiger partial charge in [0.2, 0.25) is 0 Å². The molecule has 0 spiro atoms. The minimum absolute atomic E-state index is 0.275. The average Bonchev–Trinajstić information content (AvgIpc) is 2.73. The number of carbonyl (C=O) groups is 1. The Morgan fingerprint density at radius 3 is 2.39 bits per heavy atom. The number of nitrogens with one attached hydrogen (secondary N) is 1. The van der Waals surface area contributed by atoms with E-state index in [0.29, 0.717) is 22.2 Å². The van der Waals surface area contributed by atoms with Crippen LogP contribution in [0.2, 0.25) is 5.02 Å². The fourth-order valence-corrected chi connectivity index (χ4v) is 3.53. The lowest BCUT2D eigenvalue weighted by Gasteiger charge is -2.37. The zero-order valence-electron chi connectivity index (χ0n) is 15.8. The molecule has 1 amide bonds. The fourth-order valence-electron chi connectivity index (χ4n) is 3.07. The summed E-state index contributed by atoms with van der Waals surface area (Å²) < 4.78 is 10.4. The van der Waals surface area contributed by atoms with E-state index in [0.717, 1.165) is 36.9 Å². The second-order valence-corrected chi connectivity index (χ2v) is 7.11. The van der Waals surface area contributed by atoms with Gasteiger partial charge in [0, 0.05) is 42.5 Å². The van der Waals surface area contributed by atoms with Gasteiger partial charge in [0.05, 0.1) is 14.2 Å². The van der Waals surface area contributed by atoms with Crippen molar-refractivity contribution >= 4 is 40.5 Å². The van der Waals surface area contributed by atoms with Crippen molar-refractivity contribution in [2.24, 2.45) is 0 Å². The van der Waals surface area contributed by atoms with Gasteiger partial charge < -0.3 is 19.3 Å². The Balaban J connectivity index is 1.57. The highest BCUT2D eigenvalue weighted by Gasteiger charge is 2.21. The molecule has 0 aliphatic carbocycles. The van der Waals surface area contributed by atoms with E-state index in [1.165, 1.54) is 7.11 Å². The number of amides is 1. The maximum atomic E-state index is 12.5. The van der Waals surface area contributed by atoms with Crippen LogP contribution in [0, 0.1) is 0 Å². The number of hydrogen-bond donors (Lipinski definition) is 1. The molecule has 0 unspecified atom stereocenters. The molecule has 3 rings (SSSR count). The number of benzene rings is 2. The van der Waals surface area contributed by atoms with Crippen molar-refractivity contribution in [3.05, 3.63) is 53.1 Å². The second-order valence-electron chi connectivity index (χ2n) is 6.28. The maximum absolute atomic E-state index is 12.5. The molecular formula is C20H22ClN3O3S. The third-order valence-electron chi connectivity index (χ3n) is 4.61. The molecule has 1 aliphatic rings. The molecule has 28 heavy (non-hydrogen) atoms. The van der Waals surface area contributed by atoms with Crippen LogP contribution in [0.3, 0.4) is 0 Å². The molecule has 0 bridgehead atoms. The topological polar surface area (TPSA) is 54.0 Å². The van der Waals surface area contributed by atoms with Crippen LogP contribution >= 0.6 is 23.8 Å². The number of piperazine rings is 1. The number of methoxy groups -OCH3 is 2. The predicted molar refractivity (Wildman–Crippen MR) is 115 cm³/mol. The summed E-state index contributed by atoms with van der Waals surface area (Å²) in [6.45, 7) is 3.04. The summed E-state index contributed by atoms with van der Waals surface area (Å²) in [5, 5.41) is 3.94. The Morgan fingerprint density at radius 2 is 1.75 bits per heavy atom. The summed E-state index contributed by atoms with van der Waals surface area (Å²) in [7, 11) is 3.08. The van der Waals surface area contributed by atoms with Crippen LogP contribution in [0.15, 0.2) is 42.5 Å². The first-order chi connectivity index (χ1) is 13.5. The third kappa shape index (κ3) is 4.66. The minimum atomic E-state index is -0.275. The summed E-state index contributed by atoms with van der Waals surface area (Å²) in [6.07, 6.45) is 0. The van der Waals surface area contributed by atoms with Crippen molar-refractivity contribution in [1.29, 1.82) is 0 Å². The van der Waals surface area contributed by atoms with Gasteiger partial charge in [-0.05, 0) is 48.6 Å². The van der Waals surface area contributed by atoms with E-state index < -0.39 is 0 Å². The van der Waals surface area contributed by atoms with Gasteiger partial charge in [0.15, 0.2) is 16.6 Å². The monoisotopic (exact) mass is 419 g/mol. The maximum Gasteiger partial charge on any atom is 0.257 e. The number of halogens is 1. The zero-order valence-corrected chi connectivity index (χ0v) is 17.3. The molecule has 1 fully saturated rings. The van der Waals surface area contributed by atoms with E-state index in [9.17, 15) is 4.79 Å². The first kappa shape index (κ1) is 20.2. The van der Waals surface area contributed by atoms with E-state index in [1.54, 1.807) is 25.3 Å². The number of nitrogens with zero attached hydrogens (tertiary/aromatic N) is 2. The van der Waals surface area contributed by atoms with Crippen LogP contribution < -0.4 is 19.7 Å². The lowest BCUT2D eigenvalue weighted by atomic mass is 10.2.